The van der Waals surface area contributed by atoms with E-state index in [9.17, 15) is 14.9 Å². The van der Waals surface area contributed by atoms with E-state index >= 15 is 0 Å². The Labute approximate surface area is 184 Å². The molecule has 7 heteroatoms. The highest BCUT2D eigenvalue weighted by Crippen LogP contribution is 2.38. The summed E-state index contributed by atoms with van der Waals surface area (Å²) in [6, 6.07) is 23.6. The number of H-pyrrole nitrogens is 1. The first-order chi connectivity index (χ1) is 15.6. The third-order valence-corrected chi connectivity index (χ3v) is 5.89. The molecule has 1 amide bonds. The first-order valence-corrected chi connectivity index (χ1v) is 10.4. The van der Waals surface area contributed by atoms with Gasteiger partial charge in [0, 0.05) is 35.3 Å². The van der Waals surface area contributed by atoms with Crippen molar-refractivity contribution < 1.29 is 19.7 Å². The van der Waals surface area contributed by atoms with E-state index in [0.717, 1.165) is 28.6 Å². The largest absolute Gasteiger partial charge is 0.484 e. The molecule has 7 nitrogen and oxygen atoms in total. The van der Waals surface area contributed by atoms with Crippen LogP contribution in [0.25, 0.3) is 10.9 Å². The van der Waals surface area contributed by atoms with Gasteiger partial charge in [-0.05, 0) is 47.9 Å². The zero-order valence-electron chi connectivity index (χ0n) is 17.3. The highest BCUT2D eigenvalue weighted by atomic mass is 16.6. The summed E-state index contributed by atoms with van der Waals surface area (Å²) in [6.07, 6.45) is 0.732. The monoisotopic (exact) mass is 428 g/mol. The summed E-state index contributed by atoms with van der Waals surface area (Å²) >= 11 is 0. The maximum atomic E-state index is 13.2. The van der Waals surface area contributed by atoms with Crippen molar-refractivity contribution in [3.05, 3.63) is 101 Å². The van der Waals surface area contributed by atoms with E-state index in [0.29, 0.717) is 12.3 Å². The van der Waals surface area contributed by atoms with E-state index in [1.807, 2.05) is 53.4 Å². The first-order valence-electron chi connectivity index (χ1n) is 10.4. The molecular formula is C25H22N3O4+. The first kappa shape index (κ1) is 19.8. The zero-order chi connectivity index (χ0) is 22.1. The van der Waals surface area contributed by atoms with Crippen LogP contribution in [0.5, 0.6) is 5.75 Å². The Hall–Kier alpha value is -4.13. The average molecular weight is 428 g/mol. The third-order valence-electron chi connectivity index (χ3n) is 5.89. The Morgan fingerprint density at radius 2 is 1.75 bits per heavy atom. The number of nitrogens with zero attached hydrogens (tertiary/aromatic N) is 2. The van der Waals surface area contributed by atoms with Crippen LogP contribution in [-0.2, 0) is 11.2 Å². The van der Waals surface area contributed by atoms with Crippen LogP contribution in [0.4, 0.5) is 5.69 Å². The molecule has 0 saturated heterocycles. The molecule has 1 aliphatic heterocycles. The minimum atomic E-state index is -0.356. The Bertz CT molecular complexity index is 1280. The summed E-state index contributed by atoms with van der Waals surface area (Å²) in [6.45, 7) is 0.477. The summed E-state index contributed by atoms with van der Waals surface area (Å²) in [4.78, 5) is 29.6. The summed E-state index contributed by atoms with van der Waals surface area (Å²) in [5.41, 5.74) is 4.15. The van der Waals surface area contributed by atoms with Crippen LogP contribution in [0.1, 0.15) is 22.9 Å². The summed E-state index contributed by atoms with van der Waals surface area (Å²) in [7, 11) is 0. The Balaban J connectivity index is 1.52. The van der Waals surface area contributed by atoms with Gasteiger partial charge in [-0.15, -0.1) is 0 Å². The van der Waals surface area contributed by atoms with Crippen molar-refractivity contribution in [3.8, 4) is 5.75 Å². The SMILES string of the molecule is O=C(COc1ccccc1)N1CCc2c([nH]c3ccccc23)C1c1ccc([N+](=O)O)cc1. The van der Waals surface area contributed by atoms with Gasteiger partial charge in [0.25, 0.3) is 10.8 Å². The number of hydrogen-bond acceptors (Lipinski definition) is 3. The standard InChI is InChI=1S/C25H22N3O4/c29-23(16-32-19-6-2-1-3-7-19)27-15-14-21-20-8-4-5-9-22(20)26-24(21)25(27)17-10-12-18(13-11-17)28(30)31/h1-13,25-26H,14-16H2,(H,30,31)/q+1. The van der Waals surface area contributed by atoms with Crippen LogP contribution in [0, 0.1) is 4.91 Å². The van der Waals surface area contributed by atoms with Crippen molar-refractivity contribution in [3.63, 3.8) is 0 Å². The minimum Gasteiger partial charge on any atom is -0.484 e. The average Bonchev–Trinajstić information content (AvgIpc) is 3.21. The van der Waals surface area contributed by atoms with E-state index in [1.54, 1.807) is 24.3 Å². The molecule has 3 aromatic carbocycles. The number of nitrogens with one attached hydrogen (secondary N) is 1. The number of carbonyl (C=O) groups excluding carboxylic acids is 1. The van der Waals surface area contributed by atoms with Gasteiger partial charge in [-0.25, -0.2) is 5.21 Å². The molecule has 4 aromatic rings. The van der Waals surface area contributed by atoms with E-state index < -0.39 is 0 Å². The van der Waals surface area contributed by atoms with Gasteiger partial charge in [0.2, 0.25) is 0 Å². The summed E-state index contributed by atoms with van der Waals surface area (Å²) in [5, 5.41) is 10.3. The van der Waals surface area contributed by atoms with Crippen LogP contribution >= 0.6 is 0 Å². The maximum Gasteiger partial charge on any atom is 0.316 e. The van der Waals surface area contributed by atoms with Gasteiger partial charge >= 0.3 is 5.69 Å². The lowest BCUT2D eigenvalue weighted by Crippen LogP contribution is -2.42. The molecule has 0 fully saturated rings. The van der Waals surface area contributed by atoms with Gasteiger partial charge in [-0.3, -0.25) is 4.79 Å². The lowest BCUT2D eigenvalue weighted by Gasteiger charge is -2.36. The third kappa shape index (κ3) is 3.58. The topological polar surface area (TPSA) is 85.6 Å². The lowest BCUT2D eigenvalue weighted by molar-refractivity contribution is -0.729. The van der Waals surface area contributed by atoms with Crippen molar-refractivity contribution in [2.45, 2.75) is 12.5 Å². The van der Waals surface area contributed by atoms with E-state index in [4.69, 9.17) is 4.74 Å². The Morgan fingerprint density at radius 1 is 1.03 bits per heavy atom. The minimum absolute atomic E-state index is 0.0703. The Morgan fingerprint density at radius 3 is 2.50 bits per heavy atom. The number of ether oxygens (including phenoxy) is 1. The molecule has 0 radical (unpaired) electrons. The lowest BCUT2D eigenvalue weighted by atomic mass is 9.92. The molecule has 160 valence electrons. The number of benzene rings is 3. The predicted molar refractivity (Wildman–Crippen MR) is 119 cm³/mol. The molecule has 1 unspecified atom stereocenters. The van der Waals surface area contributed by atoms with Crippen LogP contribution in [-0.4, -0.2) is 39.1 Å². The number of para-hydroxylation sites is 2. The molecule has 0 aliphatic carbocycles. The second-order valence-corrected chi connectivity index (χ2v) is 7.77. The van der Waals surface area contributed by atoms with Crippen molar-refractivity contribution in [2.75, 3.05) is 13.2 Å². The van der Waals surface area contributed by atoms with E-state index in [-0.39, 0.29) is 29.2 Å². The second kappa shape index (κ2) is 8.19. The van der Waals surface area contributed by atoms with Crippen LogP contribution < -0.4 is 4.74 Å². The Kier molecular flexibility index (Phi) is 5.07. The van der Waals surface area contributed by atoms with Crippen molar-refractivity contribution in [2.24, 2.45) is 0 Å². The highest BCUT2D eigenvalue weighted by Gasteiger charge is 2.35. The second-order valence-electron chi connectivity index (χ2n) is 7.77. The molecule has 32 heavy (non-hydrogen) atoms. The smallest absolute Gasteiger partial charge is 0.316 e. The number of amides is 1. The number of carbonyl (C=O) groups is 1. The molecule has 1 aliphatic rings. The van der Waals surface area contributed by atoms with Crippen LogP contribution in [0.3, 0.4) is 0 Å². The van der Waals surface area contributed by atoms with Gasteiger partial charge in [-0.1, -0.05) is 36.4 Å². The van der Waals surface area contributed by atoms with E-state index in [2.05, 4.69) is 11.1 Å². The quantitative estimate of drug-likeness (QED) is 0.458. The zero-order valence-corrected chi connectivity index (χ0v) is 17.3. The molecule has 2 heterocycles. The van der Waals surface area contributed by atoms with Crippen LogP contribution in [0.15, 0.2) is 78.9 Å². The fourth-order valence-corrected chi connectivity index (χ4v) is 4.38. The van der Waals surface area contributed by atoms with Crippen molar-refractivity contribution >= 4 is 22.5 Å². The van der Waals surface area contributed by atoms with Crippen molar-refractivity contribution in [1.29, 1.82) is 0 Å². The molecule has 1 atom stereocenters. The van der Waals surface area contributed by atoms with E-state index in [1.165, 1.54) is 5.56 Å². The number of fused-ring (bicyclic) bond motifs is 3. The summed E-state index contributed by atoms with van der Waals surface area (Å²) in [5.74, 6) is 0.517. The molecule has 5 rings (SSSR count). The van der Waals surface area contributed by atoms with Crippen molar-refractivity contribution in [1.82, 2.24) is 9.88 Å². The maximum absolute atomic E-state index is 13.2. The number of hydrogen-bond donors (Lipinski definition) is 2. The molecule has 0 saturated carbocycles. The molecule has 0 spiro atoms. The van der Waals surface area contributed by atoms with Gasteiger partial charge < -0.3 is 14.6 Å². The number of aromatic amines is 1. The fraction of sp³-hybridized carbons (Fsp3) is 0.160. The fourth-order valence-electron chi connectivity index (χ4n) is 4.38. The summed E-state index contributed by atoms with van der Waals surface area (Å²) < 4.78 is 5.72. The number of rotatable bonds is 5. The predicted octanol–water partition coefficient (Wildman–Crippen LogP) is 4.52. The molecule has 1 aromatic heterocycles. The van der Waals surface area contributed by atoms with Crippen LogP contribution in [0.2, 0.25) is 0 Å². The van der Waals surface area contributed by atoms with Gasteiger partial charge in [0.15, 0.2) is 6.61 Å². The van der Waals surface area contributed by atoms with Gasteiger partial charge in [0.05, 0.1) is 10.9 Å². The van der Waals surface area contributed by atoms with Gasteiger partial charge in [-0.2, -0.15) is 0 Å². The normalized spacial score (nSPS) is 15.4. The molecule has 2 N–H and O–H groups in total. The number of aromatic nitrogens is 1. The highest BCUT2D eigenvalue weighted by molar-refractivity contribution is 5.87. The van der Waals surface area contributed by atoms with Gasteiger partial charge in [0.1, 0.15) is 5.75 Å². The molecular weight excluding hydrogens is 406 g/mol. The molecule has 0 bridgehead atoms.